The molecule has 19 heavy (non-hydrogen) atoms. The van der Waals surface area contributed by atoms with Gasteiger partial charge in [0.25, 0.3) is 5.91 Å². The second-order valence-electron chi connectivity index (χ2n) is 4.18. The first-order valence-electron chi connectivity index (χ1n) is 5.85. The number of carbonyl (C=O) groups is 2. The molecule has 0 bridgehead atoms. The van der Waals surface area contributed by atoms with Crippen LogP contribution in [0.3, 0.4) is 0 Å². The molecule has 0 aliphatic carbocycles. The molecule has 104 valence electrons. The van der Waals surface area contributed by atoms with Gasteiger partial charge in [0.05, 0.1) is 0 Å². The second-order valence-corrected chi connectivity index (χ2v) is 4.18. The van der Waals surface area contributed by atoms with E-state index in [4.69, 9.17) is 5.11 Å². The predicted octanol–water partition coefficient (Wildman–Crippen LogP) is 2.29. The molecule has 6 heteroatoms. The van der Waals surface area contributed by atoms with Crippen molar-refractivity contribution in [2.24, 2.45) is 0 Å². The van der Waals surface area contributed by atoms with Crippen LogP contribution in [0.4, 0.5) is 8.78 Å². The maximum atomic E-state index is 13.5. The van der Waals surface area contributed by atoms with E-state index in [-0.39, 0.29) is 0 Å². The number of amides is 1. The maximum Gasteiger partial charge on any atom is 0.323 e. The van der Waals surface area contributed by atoms with Gasteiger partial charge < -0.3 is 10.0 Å². The normalized spacial score (nSPS) is 12.0. The van der Waals surface area contributed by atoms with Crippen molar-refractivity contribution >= 4 is 11.9 Å². The molecule has 1 unspecified atom stereocenters. The van der Waals surface area contributed by atoms with Crippen molar-refractivity contribution in [3.05, 3.63) is 35.4 Å². The van der Waals surface area contributed by atoms with Gasteiger partial charge in [0, 0.05) is 6.04 Å². The standard InChI is InChI=1S/C13H15F2NO3/c1-3-8(2)16(7-11(17)18)13(19)12-9(14)5-4-6-10(12)15/h4-6,8H,3,7H2,1-2H3,(H,17,18). The van der Waals surface area contributed by atoms with Gasteiger partial charge in [-0.2, -0.15) is 0 Å². The average molecular weight is 271 g/mol. The number of aliphatic carboxylic acids is 1. The van der Waals surface area contributed by atoms with Gasteiger partial charge in [-0.05, 0) is 25.5 Å². The van der Waals surface area contributed by atoms with E-state index < -0.39 is 41.7 Å². The fourth-order valence-electron chi connectivity index (χ4n) is 1.64. The van der Waals surface area contributed by atoms with Crippen LogP contribution in [0.1, 0.15) is 30.6 Å². The van der Waals surface area contributed by atoms with Crippen molar-refractivity contribution in [1.29, 1.82) is 0 Å². The molecule has 0 aliphatic rings. The Morgan fingerprint density at radius 3 is 2.26 bits per heavy atom. The molecule has 0 heterocycles. The largest absolute Gasteiger partial charge is 0.480 e. The number of hydrogen-bond donors (Lipinski definition) is 1. The van der Waals surface area contributed by atoms with Gasteiger partial charge in [0.1, 0.15) is 23.7 Å². The number of benzene rings is 1. The van der Waals surface area contributed by atoms with Crippen molar-refractivity contribution in [2.45, 2.75) is 26.3 Å². The molecule has 1 atom stereocenters. The molecule has 0 aromatic heterocycles. The third-order valence-corrected chi connectivity index (χ3v) is 2.87. The summed E-state index contributed by atoms with van der Waals surface area (Å²) in [5.74, 6) is -4.18. The Balaban J connectivity index is 3.15. The van der Waals surface area contributed by atoms with E-state index in [0.717, 1.165) is 23.1 Å². The Bertz CT molecular complexity index is 471. The third kappa shape index (κ3) is 3.49. The molecule has 1 aromatic rings. The van der Waals surface area contributed by atoms with E-state index in [1.807, 2.05) is 0 Å². The van der Waals surface area contributed by atoms with Crippen molar-refractivity contribution in [3.63, 3.8) is 0 Å². The number of carboxylic acid groups (broad SMARTS) is 1. The Hall–Kier alpha value is -1.98. The summed E-state index contributed by atoms with van der Waals surface area (Å²) in [7, 11) is 0. The maximum absolute atomic E-state index is 13.5. The summed E-state index contributed by atoms with van der Waals surface area (Å²) in [5.41, 5.74) is -0.718. The summed E-state index contributed by atoms with van der Waals surface area (Å²) in [4.78, 5) is 23.8. The molecule has 1 aromatic carbocycles. The highest BCUT2D eigenvalue weighted by Crippen LogP contribution is 2.17. The van der Waals surface area contributed by atoms with Crippen molar-refractivity contribution in [2.75, 3.05) is 6.54 Å². The number of carbonyl (C=O) groups excluding carboxylic acids is 1. The fourth-order valence-corrected chi connectivity index (χ4v) is 1.64. The molecule has 0 spiro atoms. The van der Waals surface area contributed by atoms with Crippen LogP contribution < -0.4 is 0 Å². The average Bonchev–Trinajstić information content (AvgIpc) is 2.34. The van der Waals surface area contributed by atoms with E-state index in [1.165, 1.54) is 0 Å². The predicted molar refractivity (Wildman–Crippen MR) is 64.8 cm³/mol. The molecule has 0 aliphatic heterocycles. The summed E-state index contributed by atoms with van der Waals surface area (Å²) in [5, 5.41) is 8.78. The molecule has 0 fully saturated rings. The minimum absolute atomic E-state index is 0.428. The lowest BCUT2D eigenvalue weighted by atomic mass is 10.1. The number of nitrogens with zero attached hydrogens (tertiary/aromatic N) is 1. The highest BCUT2D eigenvalue weighted by molar-refractivity contribution is 5.96. The second kappa shape index (κ2) is 6.26. The summed E-state index contributed by atoms with van der Waals surface area (Å²) < 4.78 is 27.1. The van der Waals surface area contributed by atoms with Gasteiger partial charge in [-0.1, -0.05) is 13.0 Å². The van der Waals surface area contributed by atoms with Crippen molar-refractivity contribution < 1.29 is 23.5 Å². The van der Waals surface area contributed by atoms with Crippen LogP contribution in [-0.2, 0) is 4.79 Å². The molecular weight excluding hydrogens is 256 g/mol. The summed E-state index contributed by atoms with van der Waals surface area (Å²) in [6.07, 6.45) is 0.481. The summed E-state index contributed by atoms with van der Waals surface area (Å²) >= 11 is 0. The van der Waals surface area contributed by atoms with Gasteiger partial charge in [-0.15, -0.1) is 0 Å². The first-order chi connectivity index (χ1) is 8.88. The van der Waals surface area contributed by atoms with Gasteiger partial charge in [-0.25, -0.2) is 8.78 Å². The first kappa shape index (κ1) is 15.1. The number of rotatable bonds is 5. The molecular formula is C13H15F2NO3. The molecule has 0 saturated carbocycles. The highest BCUT2D eigenvalue weighted by atomic mass is 19.1. The summed E-state index contributed by atoms with van der Waals surface area (Å²) in [6.45, 7) is 2.78. The van der Waals surface area contributed by atoms with E-state index in [0.29, 0.717) is 6.42 Å². The Kier molecular flexibility index (Phi) is 4.97. The Morgan fingerprint density at radius 1 is 1.32 bits per heavy atom. The Labute approximate surface area is 109 Å². The lowest BCUT2D eigenvalue weighted by molar-refractivity contribution is -0.138. The quantitative estimate of drug-likeness (QED) is 0.893. The molecule has 1 N–H and O–H groups in total. The smallest absolute Gasteiger partial charge is 0.323 e. The summed E-state index contributed by atoms with van der Waals surface area (Å²) in [6, 6.07) is 2.65. The Morgan fingerprint density at radius 2 is 1.84 bits per heavy atom. The number of halogens is 2. The fraction of sp³-hybridized carbons (Fsp3) is 0.385. The zero-order valence-electron chi connectivity index (χ0n) is 10.7. The molecule has 0 saturated heterocycles. The van der Waals surface area contributed by atoms with Crippen LogP contribution in [0.15, 0.2) is 18.2 Å². The van der Waals surface area contributed by atoms with Gasteiger partial charge in [0.2, 0.25) is 0 Å². The van der Waals surface area contributed by atoms with Crippen LogP contribution in [0.25, 0.3) is 0 Å². The lowest BCUT2D eigenvalue weighted by Gasteiger charge is -2.27. The minimum Gasteiger partial charge on any atom is -0.480 e. The molecule has 1 rings (SSSR count). The highest BCUT2D eigenvalue weighted by Gasteiger charge is 2.27. The molecule has 1 amide bonds. The SMILES string of the molecule is CCC(C)N(CC(=O)O)C(=O)c1c(F)cccc1F. The number of carboxylic acids is 1. The third-order valence-electron chi connectivity index (χ3n) is 2.87. The lowest BCUT2D eigenvalue weighted by Crippen LogP contribution is -2.42. The zero-order valence-corrected chi connectivity index (χ0v) is 10.7. The van der Waals surface area contributed by atoms with E-state index in [2.05, 4.69) is 0 Å². The molecule has 0 radical (unpaired) electrons. The van der Waals surface area contributed by atoms with Gasteiger partial charge >= 0.3 is 5.97 Å². The minimum atomic E-state index is -1.23. The topological polar surface area (TPSA) is 57.6 Å². The van der Waals surface area contributed by atoms with E-state index in [9.17, 15) is 18.4 Å². The molecule has 4 nitrogen and oxygen atoms in total. The first-order valence-corrected chi connectivity index (χ1v) is 5.85. The van der Waals surface area contributed by atoms with Crippen LogP contribution in [0.5, 0.6) is 0 Å². The van der Waals surface area contributed by atoms with Crippen LogP contribution in [0, 0.1) is 11.6 Å². The zero-order chi connectivity index (χ0) is 14.6. The van der Waals surface area contributed by atoms with Crippen LogP contribution in [-0.4, -0.2) is 34.5 Å². The van der Waals surface area contributed by atoms with Gasteiger partial charge in [0.15, 0.2) is 0 Å². The van der Waals surface area contributed by atoms with E-state index in [1.54, 1.807) is 13.8 Å². The van der Waals surface area contributed by atoms with Gasteiger partial charge in [-0.3, -0.25) is 9.59 Å². The van der Waals surface area contributed by atoms with Crippen LogP contribution in [0.2, 0.25) is 0 Å². The number of hydrogen-bond acceptors (Lipinski definition) is 2. The van der Waals surface area contributed by atoms with Crippen LogP contribution >= 0.6 is 0 Å². The van der Waals surface area contributed by atoms with Crippen molar-refractivity contribution in [3.8, 4) is 0 Å². The van der Waals surface area contributed by atoms with E-state index >= 15 is 0 Å². The monoisotopic (exact) mass is 271 g/mol. The van der Waals surface area contributed by atoms with Crippen molar-refractivity contribution in [1.82, 2.24) is 4.90 Å².